The smallest absolute Gasteiger partial charge is 0.177 e. The van der Waals surface area contributed by atoms with E-state index in [1.165, 1.54) is 4.80 Å². The molecule has 8 nitrogen and oxygen atoms in total. The average molecular weight is 346 g/mol. The van der Waals surface area contributed by atoms with Crippen LogP contribution in [0, 0.1) is 5.92 Å². The van der Waals surface area contributed by atoms with Crippen molar-refractivity contribution in [1.82, 2.24) is 24.8 Å². The minimum Gasteiger partial charge on any atom is -0.352 e. The number of hydrogen-bond donors (Lipinski definition) is 0. The van der Waals surface area contributed by atoms with Crippen molar-refractivity contribution in [2.45, 2.75) is 53.5 Å². The summed E-state index contributed by atoms with van der Waals surface area (Å²) in [6, 6.07) is 4.69. The van der Waals surface area contributed by atoms with E-state index in [4.69, 9.17) is 0 Å². The van der Waals surface area contributed by atoms with Crippen molar-refractivity contribution >= 4 is 5.71 Å². The highest BCUT2D eigenvalue weighted by Gasteiger charge is 2.07. The first-order valence-electron chi connectivity index (χ1n) is 8.60. The first-order chi connectivity index (χ1) is 11.8. The van der Waals surface area contributed by atoms with Crippen LogP contribution in [0.25, 0.3) is 0 Å². The number of hydrogen-bond acceptors (Lipinski definition) is 6. The van der Waals surface area contributed by atoms with E-state index < -0.39 is 0 Å². The topological polar surface area (TPSA) is 85.6 Å². The van der Waals surface area contributed by atoms with Gasteiger partial charge in [-0.3, -0.25) is 0 Å². The van der Waals surface area contributed by atoms with E-state index in [0.29, 0.717) is 24.4 Å². The van der Waals surface area contributed by atoms with Crippen LogP contribution in [0.3, 0.4) is 0 Å². The van der Waals surface area contributed by atoms with Crippen LogP contribution < -0.4 is 0 Å². The Morgan fingerprint density at radius 1 is 0.960 bits per heavy atom. The molecule has 8 heteroatoms. The van der Waals surface area contributed by atoms with Crippen molar-refractivity contribution in [2.75, 3.05) is 6.54 Å². The van der Waals surface area contributed by atoms with Gasteiger partial charge in [0.15, 0.2) is 5.82 Å². The van der Waals surface area contributed by atoms with Crippen molar-refractivity contribution in [3.63, 3.8) is 0 Å². The Kier molecular flexibility index (Phi) is 8.66. The van der Waals surface area contributed by atoms with Gasteiger partial charge in [0.2, 0.25) is 0 Å². The molecule has 0 aromatic carbocycles. The number of aryl methyl sites for hydroxylation is 1. The summed E-state index contributed by atoms with van der Waals surface area (Å²) < 4.78 is 2.17. The second-order valence-electron chi connectivity index (χ2n) is 6.65. The fourth-order valence-electron chi connectivity index (χ4n) is 1.74. The minimum atomic E-state index is 0.374. The largest absolute Gasteiger partial charge is 0.352 e. The summed E-state index contributed by atoms with van der Waals surface area (Å²) in [5.74, 6) is 1.68. The second kappa shape index (κ2) is 10.5. The normalized spacial score (nSPS) is 12.8. The highest BCUT2D eigenvalue weighted by atomic mass is 15.6. The molecule has 0 saturated heterocycles. The van der Waals surface area contributed by atoms with Gasteiger partial charge in [0, 0.05) is 24.4 Å². The zero-order valence-electron chi connectivity index (χ0n) is 16.3. The summed E-state index contributed by atoms with van der Waals surface area (Å²) in [5, 5.41) is 22.5. The van der Waals surface area contributed by atoms with E-state index in [1.54, 1.807) is 7.05 Å². The van der Waals surface area contributed by atoms with Gasteiger partial charge in [-0.05, 0) is 42.3 Å². The van der Waals surface area contributed by atoms with Gasteiger partial charge in [-0.2, -0.15) is 9.91 Å². The third-order valence-electron chi connectivity index (χ3n) is 3.40. The fourth-order valence-corrected chi connectivity index (χ4v) is 1.74. The molecule has 0 aliphatic carbocycles. The summed E-state index contributed by atoms with van der Waals surface area (Å²) in [4.78, 5) is 1.47. The van der Waals surface area contributed by atoms with Crippen molar-refractivity contribution in [3.05, 3.63) is 30.4 Å². The molecule has 0 saturated carbocycles. The number of rotatable bonds is 3. The predicted octanol–water partition coefficient (Wildman–Crippen LogP) is 3.87. The summed E-state index contributed by atoms with van der Waals surface area (Å²) in [6.07, 6.45) is 4.15. The second-order valence-corrected chi connectivity index (χ2v) is 6.65. The van der Waals surface area contributed by atoms with Gasteiger partial charge >= 0.3 is 0 Å². The molecule has 2 aromatic heterocycles. The maximum Gasteiger partial charge on any atom is 0.177 e. The molecule has 0 spiro atoms. The first kappa shape index (κ1) is 20.7. The van der Waals surface area contributed by atoms with Crippen LogP contribution in [0.15, 0.2) is 40.0 Å². The molecule has 3 rings (SSSR count). The lowest BCUT2D eigenvalue weighted by molar-refractivity contribution is 0.604. The monoisotopic (exact) mass is 346 g/mol. The summed E-state index contributed by atoms with van der Waals surface area (Å²) in [6.45, 7) is 13.3. The average Bonchev–Trinajstić information content (AvgIpc) is 3.31. The van der Waals surface area contributed by atoms with Crippen LogP contribution in [-0.2, 0) is 7.05 Å². The Bertz CT molecular complexity index is 650. The highest BCUT2D eigenvalue weighted by Crippen LogP contribution is 2.04. The molecule has 1 aliphatic rings. The van der Waals surface area contributed by atoms with Crippen molar-refractivity contribution in [3.8, 4) is 0 Å². The third-order valence-corrected chi connectivity index (χ3v) is 3.40. The molecule has 0 amide bonds. The van der Waals surface area contributed by atoms with E-state index in [-0.39, 0.29) is 0 Å². The standard InChI is InChI=1S/C7H11N.C5H10N4.C5H9N3/c1-7(2)8-5-3-4-6-8;1-4(2)5-6-8-9(3)7-5;1-4(2)5-3-6-8-7-5/h3-7H,1-2H3;4H,1-3H3;4H,3H2,1-2H3. The van der Waals surface area contributed by atoms with Crippen LogP contribution in [0.4, 0.5) is 0 Å². The lowest BCUT2D eigenvalue weighted by atomic mass is 10.1. The molecule has 138 valence electrons. The van der Waals surface area contributed by atoms with Gasteiger partial charge < -0.3 is 4.57 Å². The van der Waals surface area contributed by atoms with E-state index >= 15 is 0 Å². The molecule has 0 radical (unpaired) electrons. The van der Waals surface area contributed by atoms with Gasteiger partial charge in [-0.1, -0.05) is 27.7 Å². The zero-order chi connectivity index (χ0) is 18.8. The summed E-state index contributed by atoms with van der Waals surface area (Å²) >= 11 is 0. The highest BCUT2D eigenvalue weighted by molar-refractivity contribution is 5.88. The van der Waals surface area contributed by atoms with E-state index in [2.05, 4.69) is 75.5 Å². The Labute approximate surface area is 150 Å². The fraction of sp³-hybridized carbons (Fsp3) is 0.647. The Hall–Kier alpha value is -2.38. The lowest BCUT2D eigenvalue weighted by Gasteiger charge is -2.03. The molecule has 0 fully saturated rings. The van der Waals surface area contributed by atoms with E-state index in [9.17, 15) is 0 Å². The quantitative estimate of drug-likeness (QED) is 0.845. The number of tetrazole rings is 1. The maximum absolute atomic E-state index is 4.00. The molecule has 0 bridgehead atoms. The minimum absolute atomic E-state index is 0.374. The Balaban J connectivity index is 0.000000188. The predicted molar refractivity (Wildman–Crippen MR) is 99.7 cm³/mol. The molecule has 0 atom stereocenters. The molecule has 2 aromatic rings. The van der Waals surface area contributed by atoms with Gasteiger partial charge in [-0.25, -0.2) is 0 Å². The summed E-state index contributed by atoms with van der Waals surface area (Å²) in [7, 11) is 1.76. The van der Waals surface area contributed by atoms with Gasteiger partial charge in [-0.15, -0.1) is 15.3 Å². The van der Waals surface area contributed by atoms with E-state index in [0.717, 1.165) is 11.5 Å². The van der Waals surface area contributed by atoms with Crippen LogP contribution in [0.1, 0.15) is 59.3 Å². The molecular formula is C17H30N8. The Morgan fingerprint density at radius 2 is 1.60 bits per heavy atom. The van der Waals surface area contributed by atoms with Crippen LogP contribution in [0.5, 0.6) is 0 Å². The van der Waals surface area contributed by atoms with Crippen LogP contribution in [0.2, 0.25) is 0 Å². The first-order valence-corrected chi connectivity index (χ1v) is 8.60. The van der Waals surface area contributed by atoms with Gasteiger partial charge in [0.25, 0.3) is 0 Å². The van der Waals surface area contributed by atoms with Crippen molar-refractivity contribution in [2.24, 2.45) is 28.4 Å². The van der Waals surface area contributed by atoms with Gasteiger partial charge in [0.05, 0.1) is 12.8 Å². The Morgan fingerprint density at radius 3 is 1.84 bits per heavy atom. The van der Waals surface area contributed by atoms with E-state index in [1.807, 2.05) is 26.0 Å². The maximum atomic E-state index is 4.00. The molecule has 25 heavy (non-hydrogen) atoms. The van der Waals surface area contributed by atoms with Crippen LogP contribution >= 0.6 is 0 Å². The molecule has 0 N–H and O–H groups in total. The SMILES string of the molecule is CC(C)C1=NN=NC1.CC(C)c1nnn(C)n1.CC(C)n1cccc1. The number of aromatic nitrogens is 5. The van der Waals surface area contributed by atoms with Crippen LogP contribution in [-0.4, -0.2) is 37.0 Å². The molecule has 0 unspecified atom stereocenters. The summed E-state index contributed by atoms with van der Waals surface area (Å²) in [5.41, 5.74) is 1.09. The third kappa shape index (κ3) is 7.82. The van der Waals surface area contributed by atoms with Crippen molar-refractivity contribution in [1.29, 1.82) is 0 Å². The molecule has 1 aliphatic heterocycles. The molecule has 3 heterocycles. The molecular weight excluding hydrogens is 316 g/mol. The zero-order valence-corrected chi connectivity index (χ0v) is 16.3. The number of nitrogens with zero attached hydrogens (tertiary/aromatic N) is 8. The van der Waals surface area contributed by atoms with Crippen molar-refractivity contribution < 1.29 is 0 Å². The van der Waals surface area contributed by atoms with Gasteiger partial charge in [0.1, 0.15) is 6.54 Å². The lowest BCUT2D eigenvalue weighted by Crippen LogP contribution is -2.07.